The van der Waals surface area contributed by atoms with E-state index in [4.69, 9.17) is 9.63 Å². The standard InChI is InChI=1S/C9H15N2O14P3/c12-5-3-8(11-2-1-7(13)10-9(11)14)23-6(5)4-22-27(18,19)25-28(20,21)24-26(15,16)17/h1-2,5-6,8,12H,3-4H2,(H,18,19)(H,20,21)(H,10,13,14)(H2,15,16,17)/p-2. The average Bonchev–Trinajstić information content (AvgIpc) is 2.82. The van der Waals surface area contributed by atoms with Crippen LogP contribution in [-0.4, -0.2) is 43.3 Å². The summed E-state index contributed by atoms with van der Waals surface area (Å²) in [6, 6.07) is 1.01. The highest BCUT2D eigenvalue weighted by molar-refractivity contribution is 7.65. The monoisotopic (exact) mass is 466 g/mol. The van der Waals surface area contributed by atoms with Crippen LogP contribution in [-0.2, 0) is 31.6 Å². The largest absolute Gasteiger partial charge is 0.756 e. The lowest BCUT2D eigenvalue weighted by atomic mass is 10.2. The summed E-state index contributed by atoms with van der Waals surface area (Å²) in [5.74, 6) is 0. The Morgan fingerprint density at radius 3 is 2.46 bits per heavy atom. The molecule has 0 aliphatic carbocycles. The third-order valence-corrected chi connectivity index (χ3v) is 6.90. The summed E-state index contributed by atoms with van der Waals surface area (Å²) in [4.78, 5) is 63.7. The van der Waals surface area contributed by atoms with Gasteiger partial charge >= 0.3 is 13.5 Å². The van der Waals surface area contributed by atoms with E-state index in [0.717, 1.165) is 16.8 Å². The fourth-order valence-electron chi connectivity index (χ4n) is 2.15. The SMILES string of the molecule is O=c1ccn(C2CC(O)C(COP(=O)(O)OP(=O)([O-])OP(=O)([O-])O)O2)c(=O)[nH]1. The number of aromatic amines is 1. The molecule has 160 valence electrons. The lowest BCUT2D eigenvalue weighted by Gasteiger charge is -2.28. The van der Waals surface area contributed by atoms with Gasteiger partial charge in [0.25, 0.3) is 21.2 Å². The Hall–Kier alpha value is -0.990. The van der Waals surface area contributed by atoms with Gasteiger partial charge in [-0.15, -0.1) is 0 Å². The van der Waals surface area contributed by atoms with Crippen molar-refractivity contribution in [3.8, 4) is 0 Å². The van der Waals surface area contributed by atoms with Gasteiger partial charge < -0.3 is 29.4 Å². The Labute approximate surface area is 154 Å². The van der Waals surface area contributed by atoms with E-state index >= 15 is 0 Å². The number of nitrogens with zero attached hydrogens (tertiary/aromatic N) is 1. The summed E-state index contributed by atoms with van der Waals surface area (Å²) in [5.41, 5.74) is -1.52. The van der Waals surface area contributed by atoms with Crippen LogP contribution in [0.15, 0.2) is 21.9 Å². The van der Waals surface area contributed by atoms with Crippen LogP contribution in [0.5, 0.6) is 0 Å². The zero-order valence-corrected chi connectivity index (χ0v) is 16.1. The molecule has 2 rings (SSSR count). The van der Waals surface area contributed by atoms with Crippen LogP contribution >= 0.6 is 23.5 Å². The van der Waals surface area contributed by atoms with Gasteiger partial charge in [-0.25, -0.2) is 18.0 Å². The smallest absolute Gasteiger partial charge is 0.478 e. The van der Waals surface area contributed by atoms with Crippen molar-refractivity contribution in [1.82, 2.24) is 9.55 Å². The van der Waals surface area contributed by atoms with Crippen LogP contribution in [0.1, 0.15) is 12.6 Å². The van der Waals surface area contributed by atoms with Gasteiger partial charge in [-0.2, -0.15) is 0 Å². The third-order valence-electron chi connectivity index (χ3n) is 3.17. The molecule has 4 N–H and O–H groups in total. The Balaban J connectivity index is 1.99. The van der Waals surface area contributed by atoms with Gasteiger partial charge in [-0.05, 0) is 0 Å². The fraction of sp³-hybridized carbons (Fsp3) is 0.556. The van der Waals surface area contributed by atoms with E-state index in [1.54, 1.807) is 0 Å². The van der Waals surface area contributed by atoms with E-state index in [0.29, 0.717) is 0 Å². The Morgan fingerprint density at radius 2 is 1.89 bits per heavy atom. The lowest BCUT2D eigenvalue weighted by molar-refractivity contribution is -0.236. The normalized spacial score (nSPS) is 29.0. The molecule has 1 saturated heterocycles. The minimum atomic E-state index is -5.98. The van der Waals surface area contributed by atoms with Crippen molar-refractivity contribution in [3.05, 3.63) is 33.1 Å². The van der Waals surface area contributed by atoms with Gasteiger partial charge in [0, 0.05) is 18.7 Å². The molecule has 16 nitrogen and oxygen atoms in total. The van der Waals surface area contributed by atoms with E-state index in [1.165, 1.54) is 0 Å². The second-order valence-electron chi connectivity index (χ2n) is 5.29. The molecule has 1 fully saturated rings. The first kappa shape index (κ1) is 23.3. The number of nitrogens with one attached hydrogen (secondary N) is 1. The number of hydrogen-bond donors (Lipinski definition) is 4. The van der Waals surface area contributed by atoms with E-state index < -0.39 is 59.8 Å². The second-order valence-corrected chi connectivity index (χ2v) is 9.63. The second kappa shape index (κ2) is 8.40. The molecule has 1 aliphatic heterocycles. The van der Waals surface area contributed by atoms with Gasteiger partial charge in [0.15, 0.2) is 0 Å². The maximum Gasteiger partial charge on any atom is 0.478 e. The van der Waals surface area contributed by atoms with Crippen LogP contribution in [0, 0.1) is 0 Å². The van der Waals surface area contributed by atoms with Crippen LogP contribution in [0.4, 0.5) is 0 Å². The first-order valence-corrected chi connectivity index (χ1v) is 11.5. The number of aliphatic hydroxyl groups is 1. The molecule has 0 bridgehead atoms. The van der Waals surface area contributed by atoms with Crippen molar-refractivity contribution >= 4 is 23.5 Å². The summed E-state index contributed by atoms with van der Waals surface area (Å²) in [6.45, 7) is -0.919. The highest BCUT2D eigenvalue weighted by Gasteiger charge is 2.38. The molecule has 1 aromatic heterocycles. The van der Waals surface area contributed by atoms with Gasteiger partial charge in [-0.1, -0.05) is 0 Å². The Kier molecular flexibility index (Phi) is 6.99. The number of aromatic nitrogens is 2. The number of phosphoric acid groups is 3. The molecule has 1 aromatic rings. The van der Waals surface area contributed by atoms with E-state index in [-0.39, 0.29) is 6.42 Å². The fourth-order valence-corrected chi connectivity index (χ4v) is 5.08. The van der Waals surface area contributed by atoms with Crippen molar-refractivity contribution < 1.29 is 56.3 Å². The number of ether oxygens (including phenoxy) is 1. The number of phosphoric ester groups is 1. The highest BCUT2D eigenvalue weighted by Crippen LogP contribution is 2.63. The van der Waals surface area contributed by atoms with Crippen LogP contribution in [0.3, 0.4) is 0 Å². The third kappa shape index (κ3) is 6.81. The summed E-state index contributed by atoms with van der Waals surface area (Å²) in [6.07, 6.45) is -2.85. The minimum Gasteiger partial charge on any atom is -0.756 e. The zero-order valence-electron chi connectivity index (χ0n) is 13.4. The molecule has 19 heteroatoms. The topological polar surface area (TPSA) is 250 Å². The maximum atomic E-state index is 11.7. The zero-order chi connectivity index (χ0) is 21.3. The lowest BCUT2D eigenvalue weighted by Crippen LogP contribution is -2.31. The molecule has 2 heterocycles. The molecule has 0 radical (unpaired) electrons. The maximum absolute atomic E-state index is 11.7. The van der Waals surface area contributed by atoms with Crippen molar-refractivity contribution in [2.45, 2.75) is 24.9 Å². The summed E-state index contributed by atoms with van der Waals surface area (Å²) in [7, 11) is -17.3. The predicted octanol–water partition coefficient (Wildman–Crippen LogP) is -2.74. The molecule has 28 heavy (non-hydrogen) atoms. The van der Waals surface area contributed by atoms with Crippen LogP contribution < -0.4 is 21.0 Å². The van der Waals surface area contributed by atoms with Gasteiger partial charge in [0.2, 0.25) is 0 Å². The highest BCUT2D eigenvalue weighted by atomic mass is 31.3. The van der Waals surface area contributed by atoms with Crippen molar-refractivity contribution in [3.63, 3.8) is 0 Å². The summed E-state index contributed by atoms with van der Waals surface area (Å²) in [5, 5.41) is 9.89. The van der Waals surface area contributed by atoms with Gasteiger partial charge in [0.05, 0.1) is 12.7 Å². The van der Waals surface area contributed by atoms with Crippen molar-refractivity contribution in [2.24, 2.45) is 0 Å². The Bertz CT molecular complexity index is 965. The van der Waals surface area contributed by atoms with E-state index in [2.05, 4.69) is 13.1 Å². The number of H-pyrrole nitrogens is 1. The molecule has 0 aromatic carbocycles. The first-order chi connectivity index (χ1) is 12.7. The molecular formula is C9H13N2O14P3-2. The van der Waals surface area contributed by atoms with Crippen molar-refractivity contribution in [1.29, 1.82) is 0 Å². The molecule has 0 amide bonds. The van der Waals surface area contributed by atoms with Gasteiger partial charge in [0.1, 0.15) is 12.3 Å². The first-order valence-electron chi connectivity index (χ1n) is 7.07. The van der Waals surface area contributed by atoms with Crippen LogP contribution in [0.25, 0.3) is 0 Å². The molecule has 6 unspecified atom stereocenters. The Morgan fingerprint density at radius 1 is 1.25 bits per heavy atom. The molecule has 6 atom stereocenters. The molecule has 0 saturated carbocycles. The average molecular weight is 466 g/mol. The van der Waals surface area contributed by atoms with Gasteiger partial charge in [-0.3, -0.25) is 28.0 Å². The number of rotatable bonds is 8. The van der Waals surface area contributed by atoms with Crippen LogP contribution in [0.2, 0.25) is 0 Å². The number of hydrogen-bond acceptors (Lipinski definition) is 12. The van der Waals surface area contributed by atoms with Crippen molar-refractivity contribution in [2.75, 3.05) is 6.61 Å². The summed E-state index contributed by atoms with van der Waals surface area (Å²) >= 11 is 0. The predicted molar refractivity (Wildman–Crippen MR) is 81.2 cm³/mol. The van der Waals surface area contributed by atoms with E-state index in [9.17, 15) is 43.1 Å². The van der Waals surface area contributed by atoms with E-state index in [1.807, 2.05) is 4.98 Å². The molecule has 1 aliphatic rings. The quantitative estimate of drug-likeness (QED) is 0.284. The minimum absolute atomic E-state index is 0.191. The summed E-state index contributed by atoms with van der Waals surface area (Å²) < 4.78 is 50.2. The number of aliphatic hydroxyl groups excluding tert-OH is 1. The molecular weight excluding hydrogens is 453 g/mol. The molecule has 0 spiro atoms.